The molecule has 0 radical (unpaired) electrons. The molecule has 2 aromatic carbocycles. The molecule has 0 atom stereocenters. The number of nitrogens with one attached hydrogen (secondary N) is 2. The lowest BCUT2D eigenvalue weighted by atomic mass is 10.1. The minimum Gasteiger partial charge on any atom is -0.374 e. The van der Waals surface area contributed by atoms with Gasteiger partial charge in [0, 0.05) is 11.8 Å². The van der Waals surface area contributed by atoms with Gasteiger partial charge in [0.1, 0.15) is 0 Å². The largest absolute Gasteiger partial charge is 0.374 e. The predicted molar refractivity (Wildman–Crippen MR) is 90.8 cm³/mol. The molecule has 126 valence electrons. The highest BCUT2D eigenvalue weighted by Crippen LogP contribution is 2.22. The van der Waals surface area contributed by atoms with E-state index in [0.717, 1.165) is 28.4 Å². The molecule has 2 aromatic rings. The van der Waals surface area contributed by atoms with Gasteiger partial charge in [-0.3, -0.25) is 14.9 Å². The Morgan fingerprint density at radius 1 is 1.17 bits per heavy atom. The van der Waals surface area contributed by atoms with Crippen molar-refractivity contribution < 1.29 is 14.1 Å². The number of amides is 1. The third-order valence-corrected chi connectivity index (χ3v) is 3.54. The molecular formula is C17H18FN3O3. The van der Waals surface area contributed by atoms with E-state index in [-0.39, 0.29) is 23.8 Å². The summed E-state index contributed by atoms with van der Waals surface area (Å²) in [5.41, 5.74) is 3.43. The first kappa shape index (κ1) is 17.4. The molecule has 0 bridgehead atoms. The normalized spacial score (nSPS) is 10.3. The average molecular weight is 331 g/mol. The molecule has 0 aliphatic heterocycles. The molecule has 7 heteroatoms. The summed E-state index contributed by atoms with van der Waals surface area (Å²) in [5, 5.41) is 16.0. The Kier molecular flexibility index (Phi) is 5.13. The molecule has 24 heavy (non-hydrogen) atoms. The van der Waals surface area contributed by atoms with Crippen LogP contribution in [0, 0.1) is 36.7 Å². The number of hydrogen-bond acceptors (Lipinski definition) is 4. The highest BCUT2D eigenvalue weighted by atomic mass is 19.1. The predicted octanol–water partition coefficient (Wildman–Crippen LogP) is 3.71. The summed E-state index contributed by atoms with van der Waals surface area (Å²) >= 11 is 0. The molecule has 0 heterocycles. The van der Waals surface area contributed by atoms with Gasteiger partial charge in [0.05, 0.1) is 23.2 Å². The van der Waals surface area contributed by atoms with E-state index in [4.69, 9.17) is 0 Å². The number of benzene rings is 2. The maximum absolute atomic E-state index is 13.8. The second kappa shape index (κ2) is 7.08. The zero-order chi connectivity index (χ0) is 17.9. The van der Waals surface area contributed by atoms with Crippen LogP contribution in [0.3, 0.4) is 0 Å². The molecular weight excluding hydrogens is 313 g/mol. The van der Waals surface area contributed by atoms with E-state index in [2.05, 4.69) is 10.6 Å². The first-order chi connectivity index (χ1) is 11.3. The van der Waals surface area contributed by atoms with Gasteiger partial charge in [-0.05, 0) is 38.0 Å². The summed E-state index contributed by atoms with van der Waals surface area (Å²) in [7, 11) is 0. The molecule has 2 N–H and O–H groups in total. The number of nitro groups is 1. The Hall–Kier alpha value is -2.96. The van der Waals surface area contributed by atoms with Gasteiger partial charge in [0.15, 0.2) is 5.82 Å². The minimum atomic E-state index is -0.778. The van der Waals surface area contributed by atoms with Crippen molar-refractivity contribution in [2.45, 2.75) is 20.8 Å². The molecule has 6 nitrogen and oxygen atoms in total. The summed E-state index contributed by atoms with van der Waals surface area (Å²) in [4.78, 5) is 22.0. The van der Waals surface area contributed by atoms with E-state index < -0.39 is 10.7 Å². The van der Waals surface area contributed by atoms with Crippen LogP contribution < -0.4 is 10.6 Å². The highest BCUT2D eigenvalue weighted by molar-refractivity contribution is 5.95. The van der Waals surface area contributed by atoms with Crippen molar-refractivity contribution in [1.82, 2.24) is 0 Å². The van der Waals surface area contributed by atoms with E-state index in [1.54, 1.807) is 0 Å². The molecule has 0 aromatic heterocycles. The zero-order valence-corrected chi connectivity index (χ0v) is 13.6. The Labute approximate surface area is 138 Å². The minimum absolute atomic E-state index is 0.0353. The SMILES string of the molecule is Cc1cc(C)c(NC(=O)CNc2ccc([N+](=O)[O-])cc2F)c(C)c1. The summed E-state index contributed by atoms with van der Waals surface area (Å²) in [6.45, 7) is 5.63. The average Bonchev–Trinajstić information content (AvgIpc) is 2.49. The van der Waals surface area contributed by atoms with E-state index in [0.29, 0.717) is 0 Å². The Bertz CT molecular complexity index is 783. The fourth-order valence-electron chi connectivity index (χ4n) is 2.50. The maximum atomic E-state index is 13.8. The van der Waals surface area contributed by atoms with Gasteiger partial charge in [0.2, 0.25) is 5.91 Å². The number of carbonyl (C=O) groups excluding carboxylic acids is 1. The highest BCUT2D eigenvalue weighted by Gasteiger charge is 2.12. The van der Waals surface area contributed by atoms with Crippen molar-refractivity contribution in [3.05, 3.63) is 63.0 Å². The summed E-state index contributed by atoms with van der Waals surface area (Å²) < 4.78 is 13.8. The van der Waals surface area contributed by atoms with Crippen LogP contribution in [0.1, 0.15) is 16.7 Å². The smallest absolute Gasteiger partial charge is 0.272 e. The van der Waals surface area contributed by atoms with Crippen molar-refractivity contribution in [3.8, 4) is 0 Å². The molecule has 0 unspecified atom stereocenters. The van der Waals surface area contributed by atoms with Crippen LogP contribution in [0.5, 0.6) is 0 Å². The van der Waals surface area contributed by atoms with Crippen LogP contribution in [0.25, 0.3) is 0 Å². The number of nitrogens with zero attached hydrogens (tertiary/aromatic N) is 1. The topological polar surface area (TPSA) is 84.3 Å². The van der Waals surface area contributed by atoms with Crippen molar-refractivity contribution in [1.29, 1.82) is 0 Å². The Morgan fingerprint density at radius 3 is 2.33 bits per heavy atom. The number of rotatable bonds is 5. The first-order valence-corrected chi connectivity index (χ1v) is 7.33. The van der Waals surface area contributed by atoms with E-state index >= 15 is 0 Å². The number of anilines is 2. The number of carbonyl (C=O) groups is 1. The lowest BCUT2D eigenvalue weighted by Gasteiger charge is -2.13. The fraction of sp³-hybridized carbons (Fsp3) is 0.235. The van der Waals surface area contributed by atoms with Crippen LogP contribution in [-0.2, 0) is 4.79 Å². The van der Waals surface area contributed by atoms with Gasteiger partial charge in [-0.2, -0.15) is 0 Å². The van der Waals surface area contributed by atoms with E-state index in [9.17, 15) is 19.3 Å². The molecule has 2 rings (SSSR count). The van der Waals surface area contributed by atoms with Crippen molar-refractivity contribution in [2.24, 2.45) is 0 Å². The zero-order valence-electron chi connectivity index (χ0n) is 13.6. The van der Waals surface area contributed by atoms with Crippen molar-refractivity contribution in [2.75, 3.05) is 17.2 Å². The third kappa shape index (κ3) is 4.07. The molecule has 1 amide bonds. The van der Waals surface area contributed by atoms with Crippen LogP contribution >= 0.6 is 0 Å². The molecule has 0 saturated carbocycles. The lowest BCUT2D eigenvalue weighted by molar-refractivity contribution is -0.385. The number of halogens is 1. The van der Waals surface area contributed by atoms with Gasteiger partial charge in [-0.15, -0.1) is 0 Å². The summed E-state index contributed by atoms with van der Waals surface area (Å²) in [6.07, 6.45) is 0. The van der Waals surface area contributed by atoms with Gasteiger partial charge < -0.3 is 10.6 Å². The van der Waals surface area contributed by atoms with Crippen LogP contribution in [0.2, 0.25) is 0 Å². The van der Waals surface area contributed by atoms with Crippen molar-refractivity contribution in [3.63, 3.8) is 0 Å². The molecule has 0 spiro atoms. The number of hydrogen-bond donors (Lipinski definition) is 2. The molecule has 0 aliphatic carbocycles. The Morgan fingerprint density at radius 2 is 1.79 bits per heavy atom. The number of aryl methyl sites for hydroxylation is 3. The monoisotopic (exact) mass is 331 g/mol. The quantitative estimate of drug-likeness (QED) is 0.646. The molecule has 0 saturated heterocycles. The van der Waals surface area contributed by atoms with Crippen LogP contribution in [-0.4, -0.2) is 17.4 Å². The molecule has 0 fully saturated rings. The van der Waals surface area contributed by atoms with Crippen LogP contribution in [0.4, 0.5) is 21.5 Å². The molecule has 0 aliphatic rings. The second-order valence-electron chi connectivity index (χ2n) is 5.60. The lowest BCUT2D eigenvalue weighted by Crippen LogP contribution is -2.23. The standard InChI is InChI=1S/C17H18FN3O3/c1-10-6-11(2)17(12(3)7-10)20-16(22)9-19-15-5-4-13(21(23)24)8-14(15)18/h4-8,19H,9H2,1-3H3,(H,20,22). The summed E-state index contributed by atoms with van der Waals surface area (Å²) in [5.74, 6) is -1.11. The fourth-order valence-corrected chi connectivity index (χ4v) is 2.50. The third-order valence-electron chi connectivity index (χ3n) is 3.54. The number of non-ortho nitro benzene ring substituents is 1. The van der Waals surface area contributed by atoms with Crippen LogP contribution in [0.15, 0.2) is 30.3 Å². The van der Waals surface area contributed by atoms with Gasteiger partial charge in [0.25, 0.3) is 5.69 Å². The maximum Gasteiger partial charge on any atom is 0.272 e. The summed E-state index contributed by atoms with van der Waals surface area (Å²) in [6, 6.07) is 7.16. The first-order valence-electron chi connectivity index (χ1n) is 7.33. The van der Waals surface area contributed by atoms with Gasteiger partial charge in [-0.1, -0.05) is 17.7 Å². The Balaban J connectivity index is 2.03. The number of nitro benzene ring substituents is 1. The van der Waals surface area contributed by atoms with Crippen molar-refractivity contribution >= 4 is 23.0 Å². The van der Waals surface area contributed by atoms with Gasteiger partial charge in [-0.25, -0.2) is 4.39 Å². The second-order valence-corrected chi connectivity index (χ2v) is 5.60. The van der Waals surface area contributed by atoms with Gasteiger partial charge >= 0.3 is 0 Å². The van der Waals surface area contributed by atoms with E-state index in [1.165, 1.54) is 12.1 Å². The van der Waals surface area contributed by atoms with E-state index in [1.807, 2.05) is 32.9 Å².